The van der Waals surface area contributed by atoms with Crippen LogP contribution in [0.15, 0.2) is 18.3 Å². The highest BCUT2D eigenvalue weighted by Crippen LogP contribution is 2.29. The number of allylic oxidation sites excluding steroid dienone is 2. The molecule has 0 spiro atoms. The Hall–Kier alpha value is -1.37. The molecule has 15 heavy (non-hydrogen) atoms. The zero-order chi connectivity index (χ0) is 11.1. The van der Waals surface area contributed by atoms with Crippen molar-refractivity contribution in [1.29, 1.82) is 0 Å². The van der Waals surface area contributed by atoms with E-state index < -0.39 is 0 Å². The molecular weight excluding hydrogens is 182 g/mol. The highest BCUT2D eigenvalue weighted by Gasteiger charge is 2.14. The smallest absolute Gasteiger partial charge is 0.0451 e. The molecule has 1 heterocycles. The van der Waals surface area contributed by atoms with Gasteiger partial charge in [0.1, 0.15) is 0 Å². The van der Waals surface area contributed by atoms with E-state index in [4.69, 9.17) is 0 Å². The highest BCUT2D eigenvalue weighted by molar-refractivity contribution is 5.71. The minimum atomic E-state index is 0.137. The maximum absolute atomic E-state index is 4.40. The summed E-state index contributed by atoms with van der Waals surface area (Å²) >= 11 is 0. The molecule has 0 fully saturated rings. The Labute approximate surface area is 91.6 Å². The Kier molecular flexibility index (Phi) is 2.26. The molecule has 0 unspecified atom stereocenters. The van der Waals surface area contributed by atoms with Crippen molar-refractivity contribution in [3.8, 4) is 0 Å². The molecule has 0 radical (unpaired) electrons. The summed E-state index contributed by atoms with van der Waals surface area (Å²) in [5.74, 6) is 0. The number of nitrogens with zero attached hydrogens (tertiary/aromatic N) is 1. The first-order valence-corrected chi connectivity index (χ1v) is 5.34. The van der Waals surface area contributed by atoms with E-state index >= 15 is 0 Å². The van der Waals surface area contributed by atoms with Crippen molar-refractivity contribution in [2.45, 2.75) is 27.7 Å². The molecule has 0 aliphatic heterocycles. The molecule has 1 aromatic rings. The fourth-order valence-electron chi connectivity index (χ4n) is 1.82. The maximum Gasteiger partial charge on any atom is 0.0451 e. The molecule has 78 valence electrons. The quantitative estimate of drug-likeness (QED) is 0.620. The summed E-state index contributed by atoms with van der Waals surface area (Å²) in [7, 11) is 0. The van der Waals surface area contributed by atoms with Crippen LogP contribution in [-0.4, -0.2) is 4.98 Å². The summed E-state index contributed by atoms with van der Waals surface area (Å²) in [6.07, 6.45) is 10.9. The summed E-state index contributed by atoms with van der Waals surface area (Å²) in [5.41, 5.74) is 5.06. The third-order valence-electron chi connectivity index (χ3n) is 2.92. The van der Waals surface area contributed by atoms with Crippen LogP contribution in [0.3, 0.4) is 0 Å². The second kappa shape index (κ2) is 3.34. The first-order valence-electron chi connectivity index (χ1n) is 5.34. The van der Waals surface area contributed by atoms with Gasteiger partial charge < -0.3 is 0 Å². The Balaban J connectivity index is 2.67. The van der Waals surface area contributed by atoms with Crippen molar-refractivity contribution < 1.29 is 0 Å². The molecule has 0 saturated heterocycles. The zero-order valence-electron chi connectivity index (χ0n) is 9.83. The van der Waals surface area contributed by atoms with E-state index in [9.17, 15) is 0 Å². The molecule has 0 atom stereocenters. The molecule has 1 aliphatic rings. The summed E-state index contributed by atoms with van der Waals surface area (Å²) in [4.78, 5) is 4.40. The Morgan fingerprint density at radius 3 is 2.27 bits per heavy atom. The van der Waals surface area contributed by atoms with Gasteiger partial charge >= 0.3 is 0 Å². The molecule has 0 saturated carbocycles. The molecule has 1 heteroatoms. The molecule has 0 aromatic carbocycles. The third-order valence-corrected chi connectivity index (χ3v) is 2.92. The standard InChI is InChI=1S/C14H17N/c1-10-9-15-11(2)13-6-8-14(3,4)7-5-12(10)13/h5-9H,1-4H3. The van der Waals surface area contributed by atoms with E-state index in [-0.39, 0.29) is 5.41 Å². The van der Waals surface area contributed by atoms with Gasteiger partial charge in [0.25, 0.3) is 0 Å². The zero-order valence-corrected chi connectivity index (χ0v) is 9.83. The van der Waals surface area contributed by atoms with Gasteiger partial charge in [-0.15, -0.1) is 0 Å². The third kappa shape index (κ3) is 1.87. The van der Waals surface area contributed by atoms with Gasteiger partial charge in [0.15, 0.2) is 0 Å². The maximum atomic E-state index is 4.40. The van der Waals surface area contributed by atoms with Crippen LogP contribution in [0.5, 0.6) is 0 Å². The van der Waals surface area contributed by atoms with Crippen LogP contribution < -0.4 is 0 Å². The van der Waals surface area contributed by atoms with Crippen LogP contribution in [0.2, 0.25) is 0 Å². The summed E-state index contributed by atoms with van der Waals surface area (Å²) < 4.78 is 0. The van der Waals surface area contributed by atoms with E-state index in [1.807, 2.05) is 6.20 Å². The van der Waals surface area contributed by atoms with Gasteiger partial charge in [-0.3, -0.25) is 4.98 Å². The van der Waals surface area contributed by atoms with E-state index in [0.29, 0.717) is 0 Å². The number of hydrogen-bond donors (Lipinski definition) is 0. The molecule has 1 nitrogen and oxygen atoms in total. The number of hydrogen-bond acceptors (Lipinski definition) is 1. The van der Waals surface area contributed by atoms with Crippen LogP contribution in [0.4, 0.5) is 0 Å². The van der Waals surface area contributed by atoms with E-state index in [1.54, 1.807) is 0 Å². The highest BCUT2D eigenvalue weighted by atomic mass is 14.7. The Morgan fingerprint density at radius 2 is 1.60 bits per heavy atom. The van der Waals surface area contributed by atoms with Crippen molar-refractivity contribution in [2.75, 3.05) is 0 Å². The molecule has 2 rings (SSSR count). The van der Waals surface area contributed by atoms with Crippen LogP contribution in [0.25, 0.3) is 12.2 Å². The Morgan fingerprint density at radius 1 is 1.00 bits per heavy atom. The fourth-order valence-corrected chi connectivity index (χ4v) is 1.82. The van der Waals surface area contributed by atoms with Crippen molar-refractivity contribution in [3.05, 3.63) is 40.7 Å². The van der Waals surface area contributed by atoms with E-state index in [0.717, 1.165) is 5.69 Å². The second-order valence-electron chi connectivity index (χ2n) is 4.84. The van der Waals surface area contributed by atoms with Crippen molar-refractivity contribution in [2.24, 2.45) is 5.41 Å². The second-order valence-corrected chi connectivity index (χ2v) is 4.84. The average Bonchev–Trinajstić information content (AvgIpc) is 2.32. The van der Waals surface area contributed by atoms with Crippen molar-refractivity contribution >= 4 is 12.2 Å². The van der Waals surface area contributed by atoms with Crippen molar-refractivity contribution in [1.82, 2.24) is 4.98 Å². The number of fused-ring (bicyclic) bond motifs is 1. The van der Waals surface area contributed by atoms with Gasteiger partial charge in [-0.05, 0) is 25.0 Å². The van der Waals surface area contributed by atoms with Crippen molar-refractivity contribution in [3.63, 3.8) is 0 Å². The number of aromatic nitrogens is 1. The number of pyridine rings is 1. The normalized spacial score (nSPS) is 17.3. The van der Waals surface area contributed by atoms with Crippen LogP contribution in [0, 0.1) is 19.3 Å². The fraction of sp³-hybridized carbons (Fsp3) is 0.357. The lowest BCUT2D eigenvalue weighted by molar-refractivity contribution is 0.633. The van der Waals surface area contributed by atoms with Gasteiger partial charge in [0.2, 0.25) is 0 Å². The molecule has 0 bridgehead atoms. The minimum absolute atomic E-state index is 0.137. The van der Waals surface area contributed by atoms with Gasteiger partial charge in [-0.1, -0.05) is 38.2 Å². The van der Waals surface area contributed by atoms with Crippen LogP contribution >= 0.6 is 0 Å². The number of aryl methyl sites for hydroxylation is 2. The monoisotopic (exact) mass is 199 g/mol. The van der Waals surface area contributed by atoms with Crippen LogP contribution in [-0.2, 0) is 0 Å². The van der Waals surface area contributed by atoms with Gasteiger partial charge in [0.05, 0.1) is 0 Å². The largest absolute Gasteiger partial charge is 0.261 e. The van der Waals surface area contributed by atoms with E-state index in [2.05, 4.69) is 57.0 Å². The SMILES string of the molecule is Cc1cnc(C)c2c1C=CC(C)(C)C=C2. The summed E-state index contributed by atoms with van der Waals surface area (Å²) in [6, 6.07) is 0. The number of rotatable bonds is 0. The van der Waals surface area contributed by atoms with Gasteiger partial charge in [0, 0.05) is 22.9 Å². The van der Waals surface area contributed by atoms with Gasteiger partial charge in [-0.2, -0.15) is 0 Å². The van der Waals surface area contributed by atoms with Gasteiger partial charge in [-0.25, -0.2) is 0 Å². The average molecular weight is 199 g/mol. The topological polar surface area (TPSA) is 12.9 Å². The summed E-state index contributed by atoms with van der Waals surface area (Å²) in [6.45, 7) is 8.60. The molecule has 0 amide bonds. The lowest BCUT2D eigenvalue weighted by Gasteiger charge is -2.12. The van der Waals surface area contributed by atoms with E-state index in [1.165, 1.54) is 16.7 Å². The summed E-state index contributed by atoms with van der Waals surface area (Å²) in [5, 5.41) is 0. The Bertz CT molecular complexity index is 410. The predicted octanol–water partition coefficient (Wildman–Crippen LogP) is 3.76. The predicted molar refractivity (Wildman–Crippen MR) is 65.6 cm³/mol. The lowest BCUT2D eigenvalue weighted by atomic mass is 9.93. The molecule has 1 aliphatic carbocycles. The minimum Gasteiger partial charge on any atom is -0.261 e. The molecular formula is C14H17N. The first kappa shape index (κ1) is 10.2. The lowest BCUT2D eigenvalue weighted by Crippen LogP contribution is -2.00. The molecule has 1 aromatic heterocycles. The first-order chi connectivity index (χ1) is 6.99. The van der Waals surface area contributed by atoms with Crippen LogP contribution in [0.1, 0.15) is 36.2 Å². The molecule has 0 N–H and O–H groups in total.